The predicted octanol–water partition coefficient (Wildman–Crippen LogP) is 2.21. The van der Waals surface area contributed by atoms with Gasteiger partial charge in [0.25, 0.3) is 0 Å². The highest BCUT2D eigenvalue weighted by atomic mass is 32.2. The number of hydrogen-bond acceptors (Lipinski definition) is 7. The lowest BCUT2D eigenvalue weighted by molar-refractivity contribution is -0.0979. The van der Waals surface area contributed by atoms with Crippen molar-refractivity contribution in [1.82, 2.24) is 4.98 Å². The van der Waals surface area contributed by atoms with Crippen LogP contribution in [-0.2, 0) is 16.0 Å². The first-order chi connectivity index (χ1) is 12.7. The molecule has 0 amide bonds. The van der Waals surface area contributed by atoms with Crippen LogP contribution in [0.1, 0.15) is 5.56 Å². The first-order valence-corrected chi connectivity index (χ1v) is 9.09. The summed E-state index contributed by atoms with van der Waals surface area (Å²) < 4.78 is 5.78. The van der Waals surface area contributed by atoms with Crippen molar-refractivity contribution in [2.24, 2.45) is 5.73 Å². The second-order valence-corrected chi connectivity index (χ2v) is 6.53. The van der Waals surface area contributed by atoms with Crippen LogP contribution in [-0.4, -0.2) is 49.4 Å². The second-order valence-electron chi connectivity index (χ2n) is 5.40. The Morgan fingerprint density at radius 1 is 1.27 bits per heavy atom. The summed E-state index contributed by atoms with van der Waals surface area (Å²) in [6, 6.07) is 13.8. The average Bonchev–Trinajstić information content (AvgIpc) is 2.71. The summed E-state index contributed by atoms with van der Waals surface area (Å²) in [5.74, 6) is 1.76. The van der Waals surface area contributed by atoms with Gasteiger partial charge < -0.3 is 20.2 Å². The van der Waals surface area contributed by atoms with Crippen LogP contribution >= 0.6 is 11.8 Å². The molecule has 0 aliphatic carbocycles. The molecule has 1 aromatic carbocycles. The van der Waals surface area contributed by atoms with E-state index in [2.05, 4.69) is 9.88 Å². The third-order valence-electron chi connectivity index (χ3n) is 3.63. The van der Waals surface area contributed by atoms with E-state index in [9.17, 15) is 4.79 Å². The molecule has 1 heterocycles. The monoisotopic (exact) mass is 375 g/mol. The van der Waals surface area contributed by atoms with Gasteiger partial charge in [0.15, 0.2) is 5.62 Å². The van der Waals surface area contributed by atoms with Gasteiger partial charge in [0.1, 0.15) is 25.0 Å². The molecule has 1 aromatic heterocycles. The van der Waals surface area contributed by atoms with Crippen LogP contribution in [0.3, 0.4) is 0 Å². The lowest BCUT2D eigenvalue weighted by Crippen LogP contribution is -2.24. The van der Waals surface area contributed by atoms with E-state index >= 15 is 0 Å². The zero-order chi connectivity index (χ0) is 19.2. The van der Waals surface area contributed by atoms with Gasteiger partial charge in [-0.05, 0) is 36.2 Å². The Bertz CT molecular complexity index is 626. The molecule has 0 saturated heterocycles. The maximum Gasteiger partial charge on any atom is 0.176 e. The van der Waals surface area contributed by atoms with E-state index in [1.807, 2.05) is 56.3 Å². The second kappa shape index (κ2) is 12.9. The summed E-state index contributed by atoms with van der Waals surface area (Å²) in [4.78, 5) is 24.9. The van der Waals surface area contributed by atoms with Crippen molar-refractivity contribution in [1.29, 1.82) is 0 Å². The number of pyridine rings is 1. The molecule has 2 rings (SSSR count). The van der Waals surface area contributed by atoms with Crippen molar-refractivity contribution < 1.29 is 14.3 Å². The van der Waals surface area contributed by atoms with Gasteiger partial charge >= 0.3 is 0 Å². The molecule has 1 atom stereocenters. The molecule has 0 saturated carbocycles. The van der Waals surface area contributed by atoms with Crippen LogP contribution in [0, 0.1) is 0 Å². The van der Waals surface area contributed by atoms with Crippen LogP contribution < -0.4 is 15.4 Å². The Labute approximate surface area is 158 Å². The van der Waals surface area contributed by atoms with E-state index in [1.54, 1.807) is 6.20 Å². The maximum atomic E-state index is 10.6. The molecule has 140 valence electrons. The summed E-state index contributed by atoms with van der Waals surface area (Å²) in [5.41, 5.74) is 7.67. The minimum Gasteiger partial charge on any atom is -0.492 e. The number of aromatic nitrogens is 1. The lowest BCUT2D eigenvalue weighted by Gasteiger charge is -2.18. The zero-order valence-corrected chi connectivity index (χ0v) is 15.7. The number of carbonyl (C=O) groups is 2. The van der Waals surface area contributed by atoms with Crippen molar-refractivity contribution in [3.63, 3.8) is 0 Å². The largest absolute Gasteiger partial charge is 0.492 e. The van der Waals surface area contributed by atoms with Gasteiger partial charge in [-0.15, -0.1) is 0 Å². The number of ether oxygens (including phenoxy) is 1. The highest BCUT2D eigenvalue weighted by Gasteiger charge is 2.08. The normalized spacial score (nSPS) is 11.0. The smallest absolute Gasteiger partial charge is 0.176 e. The molecule has 0 fully saturated rings. The Hall–Kier alpha value is -2.38. The van der Waals surface area contributed by atoms with Crippen molar-refractivity contribution in [3.8, 4) is 5.75 Å². The fourth-order valence-corrected chi connectivity index (χ4v) is 2.80. The number of carbonyl (C=O) groups excluding carboxylic acids is 2. The van der Waals surface area contributed by atoms with Crippen LogP contribution in [0.15, 0.2) is 48.7 Å². The molecular formula is C19H25N3O3S. The number of anilines is 1. The van der Waals surface area contributed by atoms with Crippen LogP contribution in [0.4, 0.5) is 5.82 Å². The summed E-state index contributed by atoms with van der Waals surface area (Å²) in [5, 5.41) is 0.126. The summed E-state index contributed by atoms with van der Waals surface area (Å²) in [6.07, 6.45) is 2.56. The minimum atomic E-state index is 0.126. The van der Waals surface area contributed by atoms with Gasteiger partial charge in [0.2, 0.25) is 0 Å². The lowest BCUT2D eigenvalue weighted by atomic mass is 10.1. The Morgan fingerprint density at radius 3 is 2.58 bits per heavy atom. The van der Waals surface area contributed by atoms with E-state index in [4.69, 9.17) is 15.3 Å². The third kappa shape index (κ3) is 7.67. The Kier molecular flexibility index (Phi) is 10.8. The molecule has 7 heteroatoms. The average molecular weight is 375 g/mol. The molecule has 2 N–H and O–H groups in total. The fourth-order valence-electron chi connectivity index (χ4n) is 2.24. The number of thioether (sulfide) groups is 1. The molecular weight excluding hydrogens is 350 g/mol. The van der Waals surface area contributed by atoms with Gasteiger partial charge in [0.05, 0.1) is 6.54 Å². The van der Waals surface area contributed by atoms with Crippen LogP contribution in [0.25, 0.3) is 0 Å². The highest BCUT2D eigenvalue weighted by molar-refractivity contribution is 8.12. The van der Waals surface area contributed by atoms with Gasteiger partial charge in [-0.25, -0.2) is 4.98 Å². The molecule has 6 nitrogen and oxygen atoms in total. The van der Waals surface area contributed by atoms with Gasteiger partial charge in [-0.2, -0.15) is 0 Å². The molecule has 0 aliphatic heterocycles. The standard InChI is InChI=1S/C18H23N3O2S.CH2O/c1-21(18-4-2-3-9-20-18)10-11-23-16-7-5-15(6-8-16)12-17(13-19)24-14-22;1-2/h2-9,14,17H,10-13,19H2,1H3;1H2. The SMILES string of the molecule is C=O.CN(CCOc1ccc(CC(CN)SC=O)cc1)c1ccccn1. The van der Waals surface area contributed by atoms with Gasteiger partial charge in [-0.1, -0.05) is 30.0 Å². The number of benzene rings is 1. The number of nitrogens with two attached hydrogens (primary N) is 1. The first kappa shape index (κ1) is 21.7. The van der Waals surface area contributed by atoms with Crippen LogP contribution in [0.5, 0.6) is 5.75 Å². The predicted molar refractivity (Wildman–Crippen MR) is 107 cm³/mol. The van der Waals surface area contributed by atoms with E-state index in [0.29, 0.717) is 13.2 Å². The van der Waals surface area contributed by atoms with E-state index in [1.165, 1.54) is 11.8 Å². The quantitative estimate of drug-likeness (QED) is 0.637. The number of likely N-dealkylation sites (N-methyl/N-ethyl adjacent to an activating group) is 1. The molecule has 2 aromatic rings. The molecule has 0 spiro atoms. The van der Waals surface area contributed by atoms with Crippen molar-refractivity contribution >= 4 is 30.0 Å². The van der Waals surface area contributed by atoms with E-state index in [-0.39, 0.29) is 5.25 Å². The highest BCUT2D eigenvalue weighted by Crippen LogP contribution is 2.17. The maximum absolute atomic E-state index is 10.6. The molecule has 0 radical (unpaired) electrons. The molecule has 26 heavy (non-hydrogen) atoms. The van der Waals surface area contributed by atoms with Gasteiger partial charge in [-0.3, -0.25) is 4.79 Å². The van der Waals surface area contributed by atoms with Crippen molar-refractivity contribution in [2.45, 2.75) is 11.7 Å². The first-order valence-electron chi connectivity index (χ1n) is 8.15. The number of nitrogens with zero attached hydrogens (tertiary/aromatic N) is 2. The third-order valence-corrected chi connectivity index (χ3v) is 4.49. The number of rotatable bonds is 10. The minimum absolute atomic E-state index is 0.126. The van der Waals surface area contributed by atoms with Crippen molar-refractivity contribution in [3.05, 3.63) is 54.2 Å². The summed E-state index contributed by atoms with van der Waals surface area (Å²) in [6.45, 7) is 3.82. The fraction of sp³-hybridized carbons (Fsp3) is 0.316. The number of hydrogen-bond donors (Lipinski definition) is 1. The molecule has 0 aliphatic rings. The van der Waals surface area contributed by atoms with Crippen molar-refractivity contribution in [2.75, 3.05) is 31.6 Å². The summed E-state index contributed by atoms with van der Waals surface area (Å²) in [7, 11) is 1.99. The molecule has 0 bridgehead atoms. The van der Waals surface area contributed by atoms with E-state index in [0.717, 1.165) is 35.7 Å². The van der Waals surface area contributed by atoms with Crippen LogP contribution in [0.2, 0.25) is 0 Å². The topological polar surface area (TPSA) is 85.5 Å². The van der Waals surface area contributed by atoms with E-state index < -0.39 is 0 Å². The zero-order valence-electron chi connectivity index (χ0n) is 14.9. The molecule has 1 unspecified atom stereocenters. The summed E-state index contributed by atoms with van der Waals surface area (Å²) >= 11 is 1.24. The Balaban J connectivity index is 0.00000163. The Morgan fingerprint density at radius 2 is 2.00 bits per heavy atom. The van der Waals surface area contributed by atoms with Gasteiger partial charge in [0, 0.05) is 25.0 Å².